The fourth-order valence-electron chi connectivity index (χ4n) is 3.43. The quantitative estimate of drug-likeness (QED) is 0.660. The minimum absolute atomic E-state index is 0.110. The molecule has 2 N–H and O–H groups in total. The van der Waals surface area contributed by atoms with E-state index in [0.717, 1.165) is 18.4 Å². The van der Waals surface area contributed by atoms with Crippen molar-refractivity contribution in [3.63, 3.8) is 0 Å². The van der Waals surface area contributed by atoms with Crippen LogP contribution >= 0.6 is 24.4 Å². The summed E-state index contributed by atoms with van der Waals surface area (Å²) in [5.74, 6) is -1.12. The Labute approximate surface area is 162 Å². The molecule has 0 radical (unpaired) electrons. The monoisotopic (exact) mass is 394 g/mol. The second-order valence-corrected chi connectivity index (χ2v) is 8.42. The number of hydrogen-bond acceptors (Lipinski definition) is 5. The molecule has 140 valence electrons. The van der Waals surface area contributed by atoms with Crippen LogP contribution in [-0.4, -0.2) is 56.3 Å². The number of benzene rings is 1. The molecule has 2 aliphatic heterocycles. The summed E-state index contributed by atoms with van der Waals surface area (Å²) in [6.45, 7) is 0. The van der Waals surface area contributed by atoms with Gasteiger partial charge in [-0.3, -0.25) is 9.59 Å². The molecule has 1 aromatic rings. The van der Waals surface area contributed by atoms with Gasteiger partial charge in [0.15, 0.2) is 0 Å². The van der Waals surface area contributed by atoms with E-state index in [1.165, 1.54) is 16.7 Å². The maximum absolute atomic E-state index is 12.8. The highest BCUT2D eigenvalue weighted by Crippen LogP contribution is 2.35. The number of carboxylic acid groups (broad SMARTS) is 1. The van der Waals surface area contributed by atoms with Crippen LogP contribution in [0.1, 0.15) is 24.8 Å². The Bertz CT molecular complexity index is 685. The van der Waals surface area contributed by atoms with Crippen molar-refractivity contribution >= 4 is 42.2 Å². The minimum Gasteiger partial charge on any atom is -0.480 e. The number of carbonyl (C=O) groups is 3. The van der Waals surface area contributed by atoms with Crippen molar-refractivity contribution in [1.29, 1.82) is 0 Å². The van der Waals surface area contributed by atoms with Gasteiger partial charge >= 0.3 is 5.97 Å². The maximum Gasteiger partial charge on any atom is 0.326 e. The molecule has 6 nitrogen and oxygen atoms in total. The van der Waals surface area contributed by atoms with E-state index in [0.29, 0.717) is 18.6 Å². The molecule has 2 saturated heterocycles. The van der Waals surface area contributed by atoms with Crippen molar-refractivity contribution < 1.29 is 19.5 Å². The van der Waals surface area contributed by atoms with Gasteiger partial charge in [-0.2, -0.15) is 12.6 Å². The van der Waals surface area contributed by atoms with Crippen LogP contribution in [0.3, 0.4) is 0 Å². The SMILES string of the molecule is O=C(N[C@H]1CS[C@H]2CCC[C@@H](C(=O)O)N2C1=O)[C@@H](S)Cc1ccccc1. The number of nitrogens with one attached hydrogen (secondary N) is 1. The van der Waals surface area contributed by atoms with Gasteiger partial charge < -0.3 is 15.3 Å². The third-order valence-corrected chi connectivity index (χ3v) is 6.55. The molecule has 26 heavy (non-hydrogen) atoms. The largest absolute Gasteiger partial charge is 0.480 e. The van der Waals surface area contributed by atoms with Gasteiger partial charge in [-0.1, -0.05) is 30.3 Å². The molecule has 4 atom stereocenters. The first-order valence-corrected chi connectivity index (χ1v) is 10.2. The molecule has 2 heterocycles. The Kier molecular flexibility index (Phi) is 6.13. The number of hydrogen-bond donors (Lipinski definition) is 3. The first kappa shape index (κ1) is 19.1. The molecule has 0 bridgehead atoms. The number of fused-ring (bicyclic) bond motifs is 1. The van der Waals surface area contributed by atoms with Crippen molar-refractivity contribution in [3.8, 4) is 0 Å². The van der Waals surface area contributed by atoms with Crippen molar-refractivity contribution in [1.82, 2.24) is 10.2 Å². The molecule has 0 saturated carbocycles. The van der Waals surface area contributed by atoms with E-state index in [1.54, 1.807) is 0 Å². The predicted molar refractivity (Wildman–Crippen MR) is 103 cm³/mol. The third-order valence-electron chi connectivity index (χ3n) is 4.76. The van der Waals surface area contributed by atoms with Crippen LogP contribution in [0.2, 0.25) is 0 Å². The van der Waals surface area contributed by atoms with E-state index in [4.69, 9.17) is 0 Å². The van der Waals surface area contributed by atoms with Crippen molar-refractivity contribution in [2.75, 3.05) is 5.75 Å². The average molecular weight is 395 g/mol. The molecule has 0 spiro atoms. The van der Waals surface area contributed by atoms with Gasteiger partial charge in [0.1, 0.15) is 12.1 Å². The van der Waals surface area contributed by atoms with Crippen LogP contribution in [0.25, 0.3) is 0 Å². The molecular weight excluding hydrogens is 372 g/mol. The molecule has 8 heteroatoms. The Morgan fingerprint density at radius 2 is 2.04 bits per heavy atom. The third kappa shape index (κ3) is 4.17. The summed E-state index contributed by atoms with van der Waals surface area (Å²) >= 11 is 5.91. The van der Waals surface area contributed by atoms with Crippen LogP contribution in [0.5, 0.6) is 0 Å². The Morgan fingerprint density at radius 1 is 1.31 bits per heavy atom. The van der Waals surface area contributed by atoms with Crippen molar-refractivity contribution in [2.45, 2.75) is 48.4 Å². The van der Waals surface area contributed by atoms with E-state index < -0.39 is 23.3 Å². The fraction of sp³-hybridized carbons (Fsp3) is 0.500. The number of piperidine rings is 1. The normalized spacial score (nSPS) is 26.7. The number of amides is 2. The van der Waals surface area contributed by atoms with Crippen molar-refractivity contribution in [2.24, 2.45) is 0 Å². The van der Waals surface area contributed by atoms with Gasteiger partial charge in [0.25, 0.3) is 0 Å². The lowest BCUT2D eigenvalue weighted by Gasteiger charge is -2.45. The van der Waals surface area contributed by atoms with Gasteiger partial charge in [-0.25, -0.2) is 4.79 Å². The lowest BCUT2D eigenvalue weighted by molar-refractivity contribution is -0.154. The highest BCUT2D eigenvalue weighted by Gasteiger charge is 2.45. The molecule has 0 aromatic heterocycles. The lowest BCUT2D eigenvalue weighted by atomic mass is 10.0. The molecule has 2 fully saturated rings. The molecular formula is C18H22N2O4S2. The first-order valence-electron chi connectivity index (χ1n) is 8.66. The highest BCUT2D eigenvalue weighted by molar-refractivity contribution is 8.00. The summed E-state index contributed by atoms with van der Waals surface area (Å²) in [4.78, 5) is 38.2. The zero-order valence-corrected chi connectivity index (χ0v) is 15.9. The first-order chi connectivity index (χ1) is 12.5. The minimum atomic E-state index is -0.980. The smallest absolute Gasteiger partial charge is 0.326 e. The number of thioether (sulfide) groups is 1. The molecule has 1 aromatic carbocycles. The Hall–Kier alpha value is -1.67. The Balaban J connectivity index is 1.63. The number of carboxylic acids is 1. The molecule has 2 amide bonds. The average Bonchev–Trinajstić information content (AvgIpc) is 2.64. The van der Waals surface area contributed by atoms with Gasteiger partial charge in [-0.15, -0.1) is 11.8 Å². The second-order valence-electron chi connectivity index (χ2n) is 6.59. The van der Waals surface area contributed by atoms with E-state index in [1.807, 2.05) is 30.3 Å². The number of thiol groups is 1. The fourth-order valence-corrected chi connectivity index (χ4v) is 5.10. The van der Waals surface area contributed by atoms with E-state index in [-0.39, 0.29) is 17.2 Å². The van der Waals surface area contributed by atoms with Gasteiger partial charge in [-0.05, 0) is 31.2 Å². The molecule has 0 unspecified atom stereocenters. The lowest BCUT2D eigenvalue weighted by Crippen LogP contribution is -2.62. The number of rotatable bonds is 5. The summed E-state index contributed by atoms with van der Waals surface area (Å²) < 4.78 is 0. The molecule has 3 rings (SSSR count). The zero-order chi connectivity index (χ0) is 18.7. The topological polar surface area (TPSA) is 86.7 Å². The summed E-state index contributed by atoms with van der Waals surface area (Å²) in [5, 5.41) is 11.5. The van der Waals surface area contributed by atoms with Gasteiger partial charge in [0.05, 0.1) is 10.6 Å². The number of nitrogens with zero attached hydrogens (tertiary/aromatic N) is 1. The summed E-state index contributed by atoms with van der Waals surface area (Å²) in [7, 11) is 0. The summed E-state index contributed by atoms with van der Waals surface area (Å²) in [6, 6.07) is 8.05. The summed E-state index contributed by atoms with van der Waals surface area (Å²) in [5.41, 5.74) is 0.994. The van der Waals surface area contributed by atoms with Crippen LogP contribution in [0, 0.1) is 0 Å². The molecule has 0 aliphatic carbocycles. The van der Waals surface area contributed by atoms with E-state index in [9.17, 15) is 19.5 Å². The van der Waals surface area contributed by atoms with Crippen LogP contribution in [0.15, 0.2) is 30.3 Å². The van der Waals surface area contributed by atoms with Crippen LogP contribution in [0.4, 0.5) is 0 Å². The van der Waals surface area contributed by atoms with Crippen LogP contribution < -0.4 is 5.32 Å². The maximum atomic E-state index is 12.8. The molecule has 2 aliphatic rings. The standard InChI is InChI=1S/C18H22N2O4S2/c21-16(14(25)9-11-5-2-1-3-6-11)19-12-10-26-15-8-4-7-13(18(23)24)20(15)17(12)22/h1-3,5-6,12-15,25H,4,7-10H2,(H,19,21)(H,23,24)/t12-,13-,14-,15-/m0/s1. The van der Waals surface area contributed by atoms with E-state index in [2.05, 4.69) is 17.9 Å². The zero-order valence-electron chi connectivity index (χ0n) is 14.2. The van der Waals surface area contributed by atoms with E-state index >= 15 is 0 Å². The van der Waals surface area contributed by atoms with Crippen molar-refractivity contribution in [3.05, 3.63) is 35.9 Å². The van der Waals surface area contributed by atoms with Gasteiger partial charge in [0, 0.05) is 5.75 Å². The summed E-state index contributed by atoms with van der Waals surface area (Å²) in [6.07, 6.45) is 2.52. The second kappa shape index (κ2) is 8.35. The predicted octanol–water partition coefficient (Wildman–Crippen LogP) is 1.55. The van der Waals surface area contributed by atoms with Gasteiger partial charge in [0.2, 0.25) is 11.8 Å². The van der Waals surface area contributed by atoms with Crippen LogP contribution in [-0.2, 0) is 20.8 Å². The highest BCUT2D eigenvalue weighted by atomic mass is 32.2. The number of carbonyl (C=O) groups excluding carboxylic acids is 2. The number of aliphatic carboxylic acids is 1. The Morgan fingerprint density at radius 3 is 2.73 bits per heavy atom.